The van der Waals surface area contributed by atoms with E-state index in [0.717, 1.165) is 53.9 Å². The van der Waals surface area contributed by atoms with E-state index in [-0.39, 0.29) is 5.91 Å². The van der Waals surface area contributed by atoms with E-state index in [4.69, 9.17) is 4.74 Å². The van der Waals surface area contributed by atoms with Crippen LogP contribution in [0.4, 0.5) is 5.69 Å². The number of nitrogens with one attached hydrogen (secondary N) is 1. The Labute approximate surface area is 185 Å². The van der Waals surface area contributed by atoms with E-state index in [1.807, 2.05) is 66.7 Å². The average molecular weight is 416 g/mol. The van der Waals surface area contributed by atoms with Crippen LogP contribution in [0.5, 0.6) is 0 Å². The van der Waals surface area contributed by atoms with Crippen LogP contribution in [0, 0.1) is 0 Å². The average Bonchev–Trinajstić information content (AvgIpc) is 2.81. The predicted octanol–water partition coefficient (Wildman–Crippen LogP) is 5.36. The summed E-state index contributed by atoms with van der Waals surface area (Å²) in [5.74, 6) is -0.0921. The number of carbonyl (C=O) groups excluding carboxylic acids is 1. The zero-order valence-electron chi connectivity index (χ0n) is 18.4. The SMILES string of the molecule is C[N+](C)(Cc1ccc(NC(=O)c2ccccc2-c2ccccc2)cc1)C1CCOCC1. The standard InChI is InChI=1S/C27H30N2O2/c1-29(2,24-16-18-31-19-17-24)20-21-12-14-23(15-13-21)28-27(30)26-11-7-6-10-25(26)22-8-4-3-5-9-22/h3-15,24H,16-20H2,1-2H3/p+1. The van der Waals surface area contributed by atoms with Crippen molar-refractivity contribution in [3.63, 3.8) is 0 Å². The van der Waals surface area contributed by atoms with Crippen LogP contribution < -0.4 is 5.32 Å². The summed E-state index contributed by atoms with van der Waals surface area (Å²) in [4.78, 5) is 13.0. The van der Waals surface area contributed by atoms with Gasteiger partial charge < -0.3 is 14.5 Å². The van der Waals surface area contributed by atoms with Crippen LogP contribution in [-0.4, -0.2) is 43.7 Å². The second kappa shape index (κ2) is 9.46. The molecule has 1 aliphatic heterocycles. The molecule has 0 radical (unpaired) electrons. The fourth-order valence-corrected chi connectivity index (χ4v) is 4.43. The molecule has 0 spiro atoms. The van der Waals surface area contributed by atoms with Crippen molar-refractivity contribution in [2.24, 2.45) is 0 Å². The minimum Gasteiger partial charge on any atom is -0.381 e. The van der Waals surface area contributed by atoms with Crippen LogP contribution in [-0.2, 0) is 11.3 Å². The van der Waals surface area contributed by atoms with Crippen molar-refractivity contribution in [2.75, 3.05) is 32.6 Å². The Kier molecular flexibility index (Phi) is 6.50. The molecule has 1 amide bonds. The summed E-state index contributed by atoms with van der Waals surface area (Å²) in [5.41, 5.74) is 4.74. The van der Waals surface area contributed by atoms with E-state index < -0.39 is 0 Å². The first-order valence-corrected chi connectivity index (χ1v) is 11.0. The minimum absolute atomic E-state index is 0.0921. The van der Waals surface area contributed by atoms with Crippen LogP contribution in [0.15, 0.2) is 78.9 Å². The van der Waals surface area contributed by atoms with Gasteiger partial charge in [-0.3, -0.25) is 4.79 Å². The van der Waals surface area contributed by atoms with Crippen LogP contribution in [0.2, 0.25) is 0 Å². The van der Waals surface area contributed by atoms with Crippen molar-refractivity contribution in [3.8, 4) is 11.1 Å². The molecule has 160 valence electrons. The number of ether oxygens (including phenoxy) is 1. The normalized spacial score (nSPS) is 14.9. The number of quaternary nitrogens is 1. The van der Waals surface area contributed by atoms with Crippen LogP contribution >= 0.6 is 0 Å². The number of anilines is 1. The van der Waals surface area contributed by atoms with E-state index in [1.54, 1.807) is 0 Å². The van der Waals surface area contributed by atoms with Crippen LogP contribution in [0.3, 0.4) is 0 Å². The Hall–Kier alpha value is -2.95. The first-order chi connectivity index (χ1) is 15.0. The molecule has 1 saturated heterocycles. The van der Waals surface area contributed by atoms with Crippen molar-refractivity contribution in [3.05, 3.63) is 90.0 Å². The first-order valence-electron chi connectivity index (χ1n) is 11.0. The van der Waals surface area contributed by atoms with Crippen molar-refractivity contribution in [1.82, 2.24) is 0 Å². The third kappa shape index (κ3) is 5.22. The lowest BCUT2D eigenvalue weighted by Crippen LogP contribution is -2.50. The maximum Gasteiger partial charge on any atom is 0.256 e. The summed E-state index contributed by atoms with van der Waals surface area (Å²) in [5, 5.41) is 3.06. The van der Waals surface area contributed by atoms with Gasteiger partial charge in [-0.05, 0) is 29.3 Å². The molecule has 4 heteroatoms. The summed E-state index contributed by atoms with van der Waals surface area (Å²) in [6.45, 7) is 2.69. The maximum atomic E-state index is 13.0. The van der Waals surface area contributed by atoms with Gasteiger partial charge >= 0.3 is 0 Å². The fourth-order valence-electron chi connectivity index (χ4n) is 4.43. The monoisotopic (exact) mass is 415 g/mol. The number of hydrogen-bond donors (Lipinski definition) is 1. The highest BCUT2D eigenvalue weighted by molar-refractivity contribution is 6.08. The number of benzene rings is 3. The smallest absolute Gasteiger partial charge is 0.256 e. The second-order valence-electron chi connectivity index (χ2n) is 8.84. The maximum absolute atomic E-state index is 13.0. The number of rotatable bonds is 6. The van der Waals surface area contributed by atoms with Crippen molar-refractivity contribution in [2.45, 2.75) is 25.4 Å². The zero-order chi connectivity index (χ0) is 21.7. The number of hydrogen-bond acceptors (Lipinski definition) is 2. The fraction of sp³-hybridized carbons (Fsp3) is 0.296. The molecule has 1 aliphatic rings. The molecule has 0 saturated carbocycles. The highest BCUT2D eigenvalue weighted by atomic mass is 16.5. The van der Waals surface area contributed by atoms with E-state index in [0.29, 0.717) is 11.6 Å². The summed E-state index contributed by atoms with van der Waals surface area (Å²) in [6, 6.07) is 26.6. The van der Waals surface area contributed by atoms with E-state index in [9.17, 15) is 4.79 Å². The predicted molar refractivity (Wildman–Crippen MR) is 126 cm³/mol. The van der Waals surface area contributed by atoms with E-state index >= 15 is 0 Å². The second-order valence-corrected chi connectivity index (χ2v) is 8.84. The topological polar surface area (TPSA) is 38.3 Å². The van der Waals surface area contributed by atoms with Gasteiger partial charge in [0, 0.05) is 29.7 Å². The highest BCUT2D eigenvalue weighted by Gasteiger charge is 2.30. The molecule has 3 aromatic rings. The van der Waals surface area contributed by atoms with Crippen molar-refractivity contribution >= 4 is 11.6 Å². The lowest BCUT2D eigenvalue weighted by Gasteiger charge is -2.40. The quantitative estimate of drug-likeness (QED) is 0.550. The van der Waals surface area contributed by atoms with Gasteiger partial charge in [0.2, 0.25) is 0 Å². The van der Waals surface area contributed by atoms with Crippen LogP contribution in [0.1, 0.15) is 28.8 Å². The molecule has 1 fully saturated rings. The summed E-state index contributed by atoms with van der Waals surface area (Å²) in [7, 11) is 4.60. The first kappa shape index (κ1) is 21.3. The molecule has 3 aromatic carbocycles. The summed E-state index contributed by atoms with van der Waals surface area (Å²) >= 11 is 0. The van der Waals surface area contributed by atoms with Crippen LogP contribution in [0.25, 0.3) is 11.1 Å². The van der Waals surface area contributed by atoms with Crippen molar-refractivity contribution < 1.29 is 14.0 Å². The molecular formula is C27H31N2O2+. The Balaban J connectivity index is 1.45. The highest BCUT2D eigenvalue weighted by Crippen LogP contribution is 2.25. The summed E-state index contributed by atoms with van der Waals surface area (Å²) in [6.07, 6.45) is 2.23. The number of amides is 1. The molecule has 31 heavy (non-hydrogen) atoms. The van der Waals surface area contributed by atoms with Gasteiger partial charge in [0.25, 0.3) is 5.91 Å². The Morgan fingerprint density at radius 2 is 1.55 bits per heavy atom. The van der Waals surface area contributed by atoms with Gasteiger partial charge in [-0.25, -0.2) is 0 Å². The van der Waals surface area contributed by atoms with Gasteiger partial charge in [-0.15, -0.1) is 0 Å². The third-order valence-electron chi connectivity index (χ3n) is 6.24. The van der Waals surface area contributed by atoms with Gasteiger partial charge in [0.15, 0.2) is 0 Å². The lowest BCUT2D eigenvalue weighted by atomic mass is 9.99. The minimum atomic E-state index is -0.0921. The molecule has 0 bridgehead atoms. The Morgan fingerprint density at radius 3 is 2.26 bits per heavy atom. The van der Waals surface area contributed by atoms with Gasteiger partial charge in [0.1, 0.15) is 6.54 Å². The van der Waals surface area contributed by atoms with E-state index in [1.165, 1.54) is 5.56 Å². The lowest BCUT2D eigenvalue weighted by molar-refractivity contribution is -0.929. The van der Waals surface area contributed by atoms with Crippen molar-refractivity contribution in [1.29, 1.82) is 0 Å². The molecule has 4 rings (SSSR count). The van der Waals surface area contributed by atoms with Gasteiger partial charge in [0.05, 0.1) is 33.4 Å². The molecule has 0 unspecified atom stereocenters. The number of nitrogens with zero attached hydrogens (tertiary/aromatic N) is 1. The number of carbonyl (C=O) groups is 1. The molecule has 1 N–H and O–H groups in total. The van der Waals surface area contributed by atoms with E-state index in [2.05, 4.69) is 31.5 Å². The molecule has 0 aromatic heterocycles. The molecular weight excluding hydrogens is 384 g/mol. The molecule has 0 atom stereocenters. The largest absolute Gasteiger partial charge is 0.381 e. The Morgan fingerprint density at radius 1 is 0.903 bits per heavy atom. The molecule has 1 heterocycles. The third-order valence-corrected chi connectivity index (χ3v) is 6.24. The Bertz CT molecular complexity index is 1010. The summed E-state index contributed by atoms with van der Waals surface area (Å²) < 4.78 is 6.48. The zero-order valence-corrected chi connectivity index (χ0v) is 18.4. The molecule has 4 nitrogen and oxygen atoms in total. The van der Waals surface area contributed by atoms with Gasteiger partial charge in [-0.1, -0.05) is 60.7 Å². The molecule has 0 aliphatic carbocycles. The van der Waals surface area contributed by atoms with Gasteiger partial charge in [-0.2, -0.15) is 0 Å².